The number of anilines is 5. The van der Waals surface area contributed by atoms with Gasteiger partial charge in [-0.05, 0) is 60.7 Å². The Morgan fingerprint density at radius 3 is 2.16 bits per heavy atom. The average molecular weight is 424 g/mol. The van der Waals surface area contributed by atoms with Gasteiger partial charge in [-0.2, -0.15) is 4.98 Å². The number of aromatic nitrogens is 3. The van der Waals surface area contributed by atoms with Gasteiger partial charge >= 0.3 is 0 Å². The monoisotopic (exact) mass is 424 g/mol. The third-order valence-electron chi connectivity index (χ3n) is 4.23. The molecule has 1 aromatic heterocycles. The number of carbonyl (C=O) groups is 1. The lowest BCUT2D eigenvalue weighted by molar-refractivity contribution is -0.111. The number of para-hydroxylation sites is 1. The minimum absolute atomic E-state index is 0.283. The van der Waals surface area contributed by atoms with Crippen LogP contribution in [0.25, 0.3) is 0 Å². The molecule has 0 saturated heterocycles. The van der Waals surface area contributed by atoms with E-state index in [-0.39, 0.29) is 5.91 Å². The lowest BCUT2D eigenvalue weighted by Gasteiger charge is -2.10. The van der Waals surface area contributed by atoms with Gasteiger partial charge in [0.1, 0.15) is 17.8 Å². The zero-order chi connectivity index (χ0) is 22.2. The van der Waals surface area contributed by atoms with Gasteiger partial charge in [0, 0.05) is 17.1 Å². The smallest absolute Gasteiger partial charge is 0.247 e. The fourth-order valence-corrected chi connectivity index (χ4v) is 2.77. The van der Waals surface area contributed by atoms with E-state index in [2.05, 4.69) is 37.5 Å². The Balaban J connectivity index is 1.40. The summed E-state index contributed by atoms with van der Waals surface area (Å²) >= 11 is 0. The summed E-state index contributed by atoms with van der Waals surface area (Å²) in [7, 11) is 0. The minimum Gasteiger partial charge on any atom is -0.457 e. The lowest BCUT2D eigenvalue weighted by atomic mass is 10.2. The maximum Gasteiger partial charge on any atom is 0.247 e. The quantitative estimate of drug-likeness (QED) is 0.331. The number of rotatable bonds is 8. The van der Waals surface area contributed by atoms with Gasteiger partial charge in [0.25, 0.3) is 0 Å². The highest BCUT2D eigenvalue weighted by Crippen LogP contribution is 2.24. The summed E-state index contributed by atoms with van der Waals surface area (Å²) in [4.78, 5) is 24.2. The van der Waals surface area contributed by atoms with Crippen molar-refractivity contribution >= 4 is 34.9 Å². The van der Waals surface area contributed by atoms with E-state index >= 15 is 0 Å². The third-order valence-corrected chi connectivity index (χ3v) is 4.23. The van der Waals surface area contributed by atoms with Crippen molar-refractivity contribution in [3.05, 3.63) is 97.8 Å². The molecule has 4 aromatic rings. The van der Waals surface area contributed by atoms with E-state index in [4.69, 9.17) is 4.74 Å². The highest BCUT2D eigenvalue weighted by atomic mass is 16.5. The Morgan fingerprint density at radius 1 is 0.781 bits per heavy atom. The summed E-state index contributed by atoms with van der Waals surface area (Å²) in [5, 5.41) is 8.95. The van der Waals surface area contributed by atoms with E-state index in [1.54, 1.807) is 18.2 Å². The predicted molar refractivity (Wildman–Crippen MR) is 125 cm³/mol. The van der Waals surface area contributed by atoms with Crippen LogP contribution in [0.1, 0.15) is 0 Å². The molecule has 1 heterocycles. The number of amides is 1. The Labute approximate surface area is 185 Å². The highest BCUT2D eigenvalue weighted by molar-refractivity contribution is 5.99. The number of hydrogen-bond donors (Lipinski definition) is 3. The van der Waals surface area contributed by atoms with Crippen LogP contribution in [0.15, 0.2) is 97.8 Å². The fourth-order valence-electron chi connectivity index (χ4n) is 2.77. The van der Waals surface area contributed by atoms with E-state index in [0.717, 1.165) is 17.2 Å². The molecule has 8 nitrogen and oxygen atoms in total. The van der Waals surface area contributed by atoms with E-state index in [1.807, 2.05) is 60.7 Å². The van der Waals surface area contributed by atoms with Crippen LogP contribution in [-0.2, 0) is 4.79 Å². The maximum atomic E-state index is 11.5. The number of carbonyl (C=O) groups excluding carboxylic acids is 1. The molecule has 0 fully saturated rings. The summed E-state index contributed by atoms with van der Waals surface area (Å²) < 4.78 is 5.80. The molecule has 0 saturated carbocycles. The average Bonchev–Trinajstić information content (AvgIpc) is 2.81. The second-order valence-electron chi connectivity index (χ2n) is 6.60. The first kappa shape index (κ1) is 20.5. The van der Waals surface area contributed by atoms with Crippen molar-refractivity contribution in [2.24, 2.45) is 0 Å². The molecule has 0 aliphatic carbocycles. The fraction of sp³-hybridized carbons (Fsp3) is 0. The SMILES string of the molecule is C=CC(=O)Nc1cccc(Nc2ncnc(Nc3ccc(Oc4ccccc4)cc3)n2)c1. The van der Waals surface area contributed by atoms with Gasteiger partial charge < -0.3 is 20.7 Å². The first-order valence-electron chi connectivity index (χ1n) is 9.77. The van der Waals surface area contributed by atoms with Gasteiger partial charge in [0.15, 0.2) is 0 Å². The van der Waals surface area contributed by atoms with Crippen molar-refractivity contribution in [3.63, 3.8) is 0 Å². The van der Waals surface area contributed by atoms with Crippen molar-refractivity contribution < 1.29 is 9.53 Å². The Morgan fingerprint density at radius 2 is 1.44 bits per heavy atom. The number of benzene rings is 3. The van der Waals surface area contributed by atoms with Gasteiger partial charge in [-0.3, -0.25) is 4.79 Å². The summed E-state index contributed by atoms with van der Waals surface area (Å²) in [6.45, 7) is 3.45. The number of hydrogen-bond acceptors (Lipinski definition) is 7. The predicted octanol–water partition coefficient (Wildman–Crippen LogP) is 5.28. The van der Waals surface area contributed by atoms with Crippen LogP contribution in [0.3, 0.4) is 0 Å². The Kier molecular flexibility index (Phi) is 6.33. The first-order chi connectivity index (χ1) is 15.7. The highest BCUT2D eigenvalue weighted by Gasteiger charge is 2.05. The molecule has 0 unspecified atom stereocenters. The van der Waals surface area contributed by atoms with Gasteiger partial charge in [-0.25, -0.2) is 9.97 Å². The van der Waals surface area contributed by atoms with Crippen molar-refractivity contribution in [1.82, 2.24) is 15.0 Å². The van der Waals surface area contributed by atoms with Crippen LogP contribution in [0.2, 0.25) is 0 Å². The zero-order valence-corrected chi connectivity index (χ0v) is 17.0. The van der Waals surface area contributed by atoms with Gasteiger partial charge in [0.05, 0.1) is 0 Å². The molecule has 8 heteroatoms. The van der Waals surface area contributed by atoms with Crippen LogP contribution < -0.4 is 20.7 Å². The molecular weight excluding hydrogens is 404 g/mol. The molecule has 0 bridgehead atoms. The standard InChI is InChI=1S/C24H20N6O2/c1-2-22(31)27-18-7-6-8-19(15-18)29-24-26-16-25-23(30-24)28-17-11-13-21(14-12-17)32-20-9-4-3-5-10-20/h2-16H,1H2,(H,27,31)(H2,25,26,28,29,30). The third kappa shape index (κ3) is 5.67. The van der Waals surface area contributed by atoms with Crippen LogP contribution in [0, 0.1) is 0 Å². The van der Waals surface area contributed by atoms with E-state index in [9.17, 15) is 4.79 Å². The number of nitrogens with zero attached hydrogens (tertiary/aromatic N) is 3. The minimum atomic E-state index is -0.283. The van der Waals surface area contributed by atoms with Gasteiger partial charge in [-0.15, -0.1) is 0 Å². The number of ether oxygens (including phenoxy) is 1. The molecule has 3 aromatic carbocycles. The largest absolute Gasteiger partial charge is 0.457 e. The van der Waals surface area contributed by atoms with Crippen molar-refractivity contribution in [2.45, 2.75) is 0 Å². The summed E-state index contributed by atoms with van der Waals surface area (Å²) in [5.74, 6) is 1.96. The first-order valence-corrected chi connectivity index (χ1v) is 9.77. The maximum absolute atomic E-state index is 11.5. The lowest BCUT2D eigenvalue weighted by Crippen LogP contribution is -2.07. The van der Waals surface area contributed by atoms with Crippen LogP contribution >= 0.6 is 0 Å². The van der Waals surface area contributed by atoms with Crippen LogP contribution in [0.5, 0.6) is 11.5 Å². The van der Waals surface area contributed by atoms with Gasteiger partial charge in [0.2, 0.25) is 17.8 Å². The van der Waals surface area contributed by atoms with E-state index in [0.29, 0.717) is 23.3 Å². The van der Waals surface area contributed by atoms with Crippen LogP contribution in [0.4, 0.5) is 29.0 Å². The molecule has 0 radical (unpaired) electrons. The molecule has 0 spiro atoms. The van der Waals surface area contributed by atoms with Crippen molar-refractivity contribution in [3.8, 4) is 11.5 Å². The molecule has 1 amide bonds. The van der Waals surface area contributed by atoms with Crippen molar-refractivity contribution in [2.75, 3.05) is 16.0 Å². The second kappa shape index (κ2) is 9.86. The summed E-state index contributed by atoms with van der Waals surface area (Å²) in [5.41, 5.74) is 2.15. The molecule has 0 aliphatic rings. The normalized spacial score (nSPS) is 10.1. The Hall–Kier alpha value is -4.72. The van der Waals surface area contributed by atoms with Gasteiger partial charge in [-0.1, -0.05) is 30.8 Å². The summed E-state index contributed by atoms with van der Waals surface area (Å²) in [6, 6.07) is 24.2. The van der Waals surface area contributed by atoms with Crippen molar-refractivity contribution in [1.29, 1.82) is 0 Å². The molecule has 4 rings (SSSR count). The molecule has 3 N–H and O–H groups in total. The second-order valence-corrected chi connectivity index (χ2v) is 6.60. The topological polar surface area (TPSA) is 101 Å². The Bertz CT molecular complexity index is 1210. The van der Waals surface area contributed by atoms with E-state index < -0.39 is 0 Å². The van der Waals surface area contributed by atoms with Crippen LogP contribution in [-0.4, -0.2) is 20.9 Å². The molecule has 32 heavy (non-hydrogen) atoms. The zero-order valence-electron chi connectivity index (χ0n) is 17.0. The molecular formula is C24H20N6O2. The van der Waals surface area contributed by atoms with E-state index in [1.165, 1.54) is 12.4 Å². The molecule has 0 aliphatic heterocycles. The molecule has 158 valence electrons. The molecule has 0 atom stereocenters. The summed E-state index contributed by atoms with van der Waals surface area (Å²) in [6.07, 6.45) is 2.62. The number of nitrogens with one attached hydrogen (secondary N) is 3.